The van der Waals surface area contributed by atoms with Crippen LogP contribution in [0.5, 0.6) is 11.6 Å². The highest BCUT2D eigenvalue weighted by molar-refractivity contribution is 9.10. The molecule has 0 amide bonds. The van der Waals surface area contributed by atoms with Crippen molar-refractivity contribution in [1.29, 1.82) is 5.26 Å². The number of H-pyrrole nitrogens is 1. The van der Waals surface area contributed by atoms with Crippen LogP contribution in [0.25, 0.3) is 11.3 Å². The average Bonchev–Trinajstić information content (AvgIpc) is 3.11. The number of methoxy groups -OCH3 is 1. The van der Waals surface area contributed by atoms with E-state index in [1.54, 1.807) is 7.11 Å². The number of nitrogens with zero attached hydrogens (tertiary/aromatic N) is 2. The van der Waals surface area contributed by atoms with Gasteiger partial charge in [-0.2, -0.15) is 5.26 Å². The molecule has 2 heterocycles. The molecule has 3 N–H and O–H groups in total. The molecular formula is C20H15BrN4O2. The summed E-state index contributed by atoms with van der Waals surface area (Å²) < 4.78 is 11.7. The van der Waals surface area contributed by atoms with E-state index in [1.807, 2.05) is 48.5 Å². The molecule has 0 saturated carbocycles. The van der Waals surface area contributed by atoms with Crippen molar-refractivity contribution in [1.82, 2.24) is 10.2 Å². The number of rotatable bonds is 3. The Morgan fingerprint density at radius 2 is 1.96 bits per heavy atom. The number of hydrogen-bond acceptors (Lipinski definition) is 5. The maximum atomic E-state index is 9.75. The zero-order valence-electron chi connectivity index (χ0n) is 14.4. The quantitative estimate of drug-likeness (QED) is 0.662. The van der Waals surface area contributed by atoms with Gasteiger partial charge < -0.3 is 15.2 Å². The number of benzene rings is 2. The Hall–Kier alpha value is -3.24. The third-order valence-corrected chi connectivity index (χ3v) is 5.26. The first-order chi connectivity index (χ1) is 13.1. The molecule has 6 nitrogen and oxygen atoms in total. The third-order valence-electron chi connectivity index (χ3n) is 4.53. The minimum atomic E-state index is -0.398. The van der Waals surface area contributed by atoms with Gasteiger partial charge in [-0.05, 0) is 35.9 Å². The van der Waals surface area contributed by atoms with Crippen LogP contribution in [0.2, 0.25) is 0 Å². The fraction of sp³-hybridized carbons (Fsp3) is 0.100. The maximum Gasteiger partial charge on any atom is 0.244 e. The van der Waals surface area contributed by atoms with Crippen molar-refractivity contribution in [2.45, 2.75) is 5.92 Å². The van der Waals surface area contributed by atoms with E-state index >= 15 is 0 Å². The lowest BCUT2D eigenvalue weighted by Gasteiger charge is -2.24. The molecule has 2 aromatic carbocycles. The molecule has 7 heteroatoms. The molecule has 1 unspecified atom stereocenters. The van der Waals surface area contributed by atoms with Crippen LogP contribution in [-0.4, -0.2) is 17.3 Å². The lowest BCUT2D eigenvalue weighted by Crippen LogP contribution is -2.21. The number of halogens is 1. The number of aromatic amines is 1. The SMILES string of the molecule is COc1ccc(-c2[nH]nc3c2C(c2ccccc2Br)C(C#N)=C(N)O3)cc1. The van der Waals surface area contributed by atoms with Gasteiger partial charge in [-0.1, -0.05) is 34.1 Å². The van der Waals surface area contributed by atoms with E-state index in [1.165, 1.54) is 0 Å². The van der Waals surface area contributed by atoms with Crippen LogP contribution in [0.15, 0.2) is 64.5 Å². The van der Waals surface area contributed by atoms with Gasteiger partial charge >= 0.3 is 0 Å². The predicted octanol–water partition coefficient (Wildman–Crippen LogP) is 4.07. The van der Waals surface area contributed by atoms with Gasteiger partial charge in [-0.3, -0.25) is 5.10 Å². The Morgan fingerprint density at radius 3 is 2.63 bits per heavy atom. The summed E-state index contributed by atoms with van der Waals surface area (Å²) in [5.74, 6) is 0.800. The molecule has 0 fully saturated rings. The zero-order chi connectivity index (χ0) is 19.0. The Balaban J connectivity index is 1.93. The number of ether oxygens (including phenoxy) is 2. The molecule has 0 bridgehead atoms. The number of nitrogens with one attached hydrogen (secondary N) is 1. The van der Waals surface area contributed by atoms with Gasteiger partial charge in [0.2, 0.25) is 11.8 Å². The monoisotopic (exact) mass is 422 g/mol. The molecular weight excluding hydrogens is 408 g/mol. The van der Waals surface area contributed by atoms with Gasteiger partial charge in [0.1, 0.15) is 17.4 Å². The van der Waals surface area contributed by atoms with E-state index in [4.69, 9.17) is 15.2 Å². The number of aromatic nitrogens is 2. The fourth-order valence-electron chi connectivity index (χ4n) is 3.24. The van der Waals surface area contributed by atoms with Crippen molar-refractivity contribution in [3.8, 4) is 29.0 Å². The lowest BCUT2D eigenvalue weighted by atomic mass is 9.83. The largest absolute Gasteiger partial charge is 0.497 e. The number of nitrogens with two attached hydrogens (primary N) is 1. The first-order valence-corrected chi connectivity index (χ1v) is 8.98. The van der Waals surface area contributed by atoms with E-state index in [0.29, 0.717) is 11.5 Å². The van der Waals surface area contributed by atoms with Gasteiger partial charge in [0, 0.05) is 10.0 Å². The van der Waals surface area contributed by atoms with E-state index in [9.17, 15) is 5.26 Å². The first kappa shape index (κ1) is 17.2. The first-order valence-electron chi connectivity index (χ1n) is 8.18. The van der Waals surface area contributed by atoms with Crippen molar-refractivity contribution < 1.29 is 9.47 Å². The molecule has 1 aliphatic heterocycles. The van der Waals surface area contributed by atoms with Crippen LogP contribution in [0.1, 0.15) is 17.0 Å². The second kappa shape index (κ2) is 6.82. The minimum absolute atomic E-state index is 0.0681. The number of nitriles is 1. The van der Waals surface area contributed by atoms with Crippen LogP contribution < -0.4 is 15.2 Å². The highest BCUT2D eigenvalue weighted by Crippen LogP contribution is 2.47. The van der Waals surface area contributed by atoms with Crippen LogP contribution in [0, 0.1) is 11.3 Å². The Bertz CT molecular complexity index is 1080. The summed E-state index contributed by atoms with van der Waals surface area (Å²) in [6.07, 6.45) is 0. The van der Waals surface area contributed by atoms with Gasteiger partial charge in [0.15, 0.2) is 0 Å². The molecule has 0 spiro atoms. The highest BCUT2D eigenvalue weighted by Gasteiger charge is 2.36. The second-order valence-corrected chi connectivity index (χ2v) is 6.85. The third kappa shape index (κ3) is 2.84. The molecule has 27 heavy (non-hydrogen) atoms. The smallest absolute Gasteiger partial charge is 0.244 e. The summed E-state index contributed by atoms with van der Waals surface area (Å²) in [7, 11) is 1.62. The summed E-state index contributed by atoms with van der Waals surface area (Å²) in [4.78, 5) is 0. The van der Waals surface area contributed by atoms with Crippen molar-refractivity contribution in [3.05, 3.63) is 75.6 Å². The van der Waals surface area contributed by atoms with Gasteiger partial charge in [-0.25, -0.2) is 0 Å². The van der Waals surface area contributed by atoms with Gasteiger partial charge in [-0.15, -0.1) is 5.10 Å². The van der Waals surface area contributed by atoms with Gasteiger partial charge in [0.05, 0.1) is 24.3 Å². The zero-order valence-corrected chi connectivity index (χ0v) is 15.9. The topological polar surface area (TPSA) is 97.0 Å². The van der Waals surface area contributed by atoms with Crippen LogP contribution in [0.3, 0.4) is 0 Å². The van der Waals surface area contributed by atoms with Crippen LogP contribution in [0.4, 0.5) is 0 Å². The summed E-state index contributed by atoms with van der Waals surface area (Å²) in [6, 6.07) is 17.5. The van der Waals surface area contributed by atoms with Crippen LogP contribution >= 0.6 is 15.9 Å². The maximum absolute atomic E-state index is 9.75. The van der Waals surface area contributed by atoms with Gasteiger partial charge in [0.25, 0.3) is 0 Å². The molecule has 4 rings (SSSR count). The molecule has 3 aromatic rings. The molecule has 1 aromatic heterocycles. The Kier molecular flexibility index (Phi) is 4.34. The standard InChI is InChI=1S/C20H15BrN4O2/c1-26-12-8-6-11(7-9-12)18-17-16(13-4-2-3-5-15(13)21)14(10-22)19(23)27-20(17)25-24-18/h2-9,16H,23H2,1H3,(H,24,25). The Labute approximate surface area is 164 Å². The fourth-order valence-corrected chi connectivity index (χ4v) is 3.76. The molecule has 0 radical (unpaired) electrons. The van der Waals surface area contributed by atoms with Crippen molar-refractivity contribution in [2.75, 3.05) is 7.11 Å². The predicted molar refractivity (Wildman–Crippen MR) is 104 cm³/mol. The molecule has 0 saturated heterocycles. The van der Waals surface area contributed by atoms with E-state index in [0.717, 1.165) is 32.6 Å². The molecule has 0 aliphatic carbocycles. The van der Waals surface area contributed by atoms with Crippen molar-refractivity contribution >= 4 is 15.9 Å². The van der Waals surface area contributed by atoms with Crippen molar-refractivity contribution in [2.24, 2.45) is 5.73 Å². The van der Waals surface area contributed by atoms with E-state index < -0.39 is 5.92 Å². The Morgan fingerprint density at radius 1 is 1.22 bits per heavy atom. The molecule has 1 aliphatic rings. The number of allylic oxidation sites excluding steroid dienone is 1. The van der Waals surface area contributed by atoms with E-state index in [2.05, 4.69) is 32.2 Å². The lowest BCUT2D eigenvalue weighted by molar-refractivity contribution is 0.379. The number of fused-ring (bicyclic) bond motifs is 1. The second-order valence-electron chi connectivity index (χ2n) is 5.99. The molecule has 134 valence electrons. The number of hydrogen-bond donors (Lipinski definition) is 2. The summed E-state index contributed by atoms with van der Waals surface area (Å²) in [6.45, 7) is 0. The van der Waals surface area contributed by atoms with Crippen molar-refractivity contribution in [3.63, 3.8) is 0 Å². The average molecular weight is 423 g/mol. The molecule has 1 atom stereocenters. The minimum Gasteiger partial charge on any atom is -0.497 e. The normalized spacial score (nSPS) is 15.7. The summed E-state index contributed by atoms with van der Waals surface area (Å²) in [5, 5.41) is 17.1. The van der Waals surface area contributed by atoms with Crippen LogP contribution in [-0.2, 0) is 0 Å². The summed E-state index contributed by atoms with van der Waals surface area (Å²) in [5.41, 5.74) is 9.74. The van der Waals surface area contributed by atoms with E-state index in [-0.39, 0.29) is 5.88 Å². The highest BCUT2D eigenvalue weighted by atomic mass is 79.9. The summed E-state index contributed by atoms with van der Waals surface area (Å²) >= 11 is 3.59.